The first-order valence-electron chi connectivity index (χ1n) is 8.57. The van der Waals surface area contributed by atoms with Crippen LogP contribution in [0.2, 0.25) is 0 Å². The molecule has 0 aromatic carbocycles. The monoisotopic (exact) mass is 310 g/mol. The molecule has 0 bridgehead atoms. The number of nitrogens with zero attached hydrogens (tertiary/aromatic N) is 2. The SMILES string of the molecule is CCCNC(=O)CN1CCC(NC(=O)CN(C)C2CC2)CC1. The van der Waals surface area contributed by atoms with Crippen molar-refractivity contribution in [3.8, 4) is 0 Å². The van der Waals surface area contributed by atoms with Crippen LogP contribution < -0.4 is 10.6 Å². The van der Waals surface area contributed by atoms with Crippen LogP contribution in [-0.2, 0) is 9.59 Å². The summed E-state index contributed by atoms with van der Waals surface area (Å²) in [6.45, 7) is 5.54. The molecule has 0 aromatic rings. The van der Waals surface area contributed by atoms with E-state index in [4.69, 9.17) is 0 Å². The van der Waals surface area contributed by atoms with Gasteiger partial charge in [-0.1, -0.05) is 6.92 Å². The molecular weight excluding hydrogens is 280 g/mol. The minimum atomic E-state index is 0.107. The third-order valence-electron chi connectivity index (χ3n) is 4.46. The van der Waals surface area contributed by atoms with E-state index in [1.54, 1.807) is 0 Å². The van der Waals surface area contributed by atoms with E-state index >= 15 is 0 Å². The van der Waals surface area contributed by atoms with Crippen LogP contribution in [0.25, 0.3) is 0 Å². The minimum Gasteiger partial charge on any atom is -0.355 e. The van der Waals surface area contributed by atoms with Crippen molar-refractivity contribution in [1.29, 1.82) is 0 Å². The lowest BCUT2D eigenvalue weighted by Gasteiger charge is -2.32. The number of hydrogen-bond acceptors (Lipinski definition) is 4. The van der Waals surface area contributed by atoms with Crippen molar-refractivity contribution < 1.29 is 9.59 Å². The van der Waals surface area contributed by atoms with Gasteiger partial charge in [0, 0.05) is 31.7 Å². The summed E-state index contributed by atoms with van der Waals surface area (Å²) in [4.78, 5) is 28.0. The summed E-state index contributed by atoms with van der Waals surface area (Å²) in [5, 5.41) is 6.04. The maximum atomic E-state index is 12.0. The van der Waals surface area contributed by atoms with Crippen molar-refractivity contribution >= 4 is 11.8 Å². The van der Waals surface area contributed by atoms with E-state index in [9.17, 15) is 9.59 Å². The van der Waals surface area contributed by atoms with Gasteiger partial charge in [0.1, 0.15) is 0 Å². The predicted molar refractivity (Wildman–Crippen MR) is 86.6 cm³/mol. The molecule has 1 saturated heterocycles. The molecular formula is C16H30N4O2. The Labute approximate surface area is 133 Å². The lowest BCUT2D eigenvalue weighted by Crippen LogP contribution is -2.49. The molecule has 2 N–H and O–H groups in total. The highest BCUT2D eigenvalue weighted by Crippen LogP contribution is 2.24. The molecule has 0 aromatic heterocycles. The second-order valence-electron chi connectivity index (χ2n) is 6.61. The molecule has 1 saturated carbocycles. The van der Waals surface area contributed by atoms with Crippen LogP contribution >= 0.6 is 0 Å². The Bertz CT molecular complexity index is 376. The molecule has 2 rings (SSSR count). The lowest BCUT2D eigenvalue weighted by atomic mass is 10.0. The molecule has 0 atom stereocenters. The summed E-state index contributed by atoms with van der Waals surface area (Å²) in [7, 11) is 2.02. The molecule has 1 heterocycles. The Balaban J connectivity index is 1.60. The number of carbonyl (C=O) groups is 2. The molecule has 2 fully saturated rings. The van der Waals surface area contributed by atoms with Crippen molar-refractivity contribution in [3.63, 3.8) is 0 Å². The summed E-state index contributed by atoms with van der Waals surface area (Å²) >= 11 is 0. The van der Waals surface area contributed by atoms with Gasteiger partial charge in [0.15, 0.2) is 0 Å². The van der Waals surface area contributed by atoms with E-state index in [2.05, 4.69) is 27.4 Å². The fraction of sp³-hybridized carbons (Fsp3) is 0.875. The number of likely N-dealkylation sites (N-methyl/N-ethyl adjacent to an activating group) is 1. The first-order chi connectivity index (χ1) is 10.6. The number of amides is 2. The number of nitrogens with one attached hydrogen (secondary N) is 2. The molecule has 0 radical (unpaired) electrons. The van der Waals surface area contributed by atoms with Gasteiger partial charge >= 0.3 is 0 Å². The van der Waals surface area contributed by atoms with Crippen LogP contribution in [0.5, 0.6) is 0 Å². The Hall–Kier alpha value is -1.14. The summed E-state index contributed by atoms with van der Waals surface area (Å²) in [5.41, 5.74) is 0. The Morgan fingerprint density at radius 3 is 2.41 bits per heavy atom. The van der Waals surface area contributed by atoms with E-state index in [1.807, 2.05) is 7.05 Å². The van der Waals surface area contributed by atoms with Crippen molar-refractivity contribution in [1.82, 2.24) is 20.4 Å². The van der Waals surface area contributed by atoms with Gasteiger partial charge in [-0.05, 0) is 39.2 Å². The fourth-order valence-electron chi connectivity index (χ4n) is 2.90. The van der Waals surface area contributed by atoms with Crippen LogP contribution in [-0.4, -0.2) is 73.5 Å². The fourth-order valence-corrected chi connectivity index (χ4v) is 2.90. The zero-order chi connectivity index (χ0) is 15.9. The third kappa shape index (κ3) is 5.93. The van der Waals surface area contributed by atoms with Gasteiger partial charge in [0.25, 0.3) is 0 Å². The lowest BCUT2D eigenvalue weighted by molar-refractivity contribution is -0.124. The second kappa shape index (κ2) is 8.48. The number of rotatable bonds is 8. The van der Waals surface area contributed by atoms with E-state index in [0.29, 0.717) is 19.1 Å². The van der Waals surface area contributed by atoms with Crippen LogP contribution in [0.3, 0.4) is 0 Å². The molecule has 0 spiro atoms. The molecule has 22 heavy (non-hydrogen) atoms. The molecule has 2 amide bonds. The Morgan fingerprint density at radius 2 is 1.82 bits per heavy atom. The topological polar surface area (TPSA) is 64.7 Å². The molecule has 6 heteroatoms. The molecule has 2 aliphatic rings. The number of hydrogen-bond donors (Lipinski definition) is 2. The summed E-state index contributed by atoms with van der Waals surface area (Å²) < 4.78 is 0. The minimum absolute atomic E-state index is 0.107. The molecule has 1 aliphatic heterocycles. The molecule has 126 valence electrons. The van der Waals surface area contributed by atoms with Gasteiger partial charge in [-0.3, -0.25) is 19.4 Å². The maximum Gasteiger partial charge on any atom is 0.234 e. The Kier molecular flexibility index (Phi) is 6.64. The third-order valence-corrected chi connectivity index (χ3v) is 4.46. The average molecular weight is 310 g/mol. The van der Waals surface area contributed by atoms with Gasteiger partial charge < -0.3 is 10.6 Å². The predicted octanol–water partition coefficient (Wildman–Crippen LogP) is 0.187. The highest BCUT2D eigenvalue weighted by molar-refractivity contribution is 5.78. The van der Waals surface area contributed by atoms with E-state index < -0.39 is 0 Å². The largest absolute Gasteiger partial charge is 0.355 e. The van der Waals surface area contributed by atoms with Crippen LogP contribution in [0.15, 0.2) is 0 Å². The normalized spacial score (nSPS) is 20.1. The van der Waals surface area contributed by atoms with Gasteiger partial charge in [-0.25, -0.2) is 0 Å². The van der Waals surface area contributed by atoms with Crippen molar-refractivity contribution in [3.05, 3.63) is 0 Å². The van der Waals surface area contributed by atoms with Gasteiger partial charge in [-0.2, -0.15) is 0 Å². The molecule has 1 aliphatic carbocycles. The quantitative estimate of drug-likeness (QED) is 0.672. The van der Waals surface area contributed by atoms with Crippen molar-refractivity contribution in [2.45, 2.75) is 51.1 Å². The smallest absolute Gasteiger partial charge is 0.234 e. The van der Waals surface area contributed by atoms with Crippen molar-refractivity contribution in [2.24, 2.45) is 0 Å². The van der Waals surface area contributed by atoms with Gasteiger partial charge in [0.2, 0.25) is 11.8 Å². The van der Waals surface area contributed by atoms with Crippen molar-refractivity contribution in [2.75, 3.05) is 39.8 Å². The van der Waals surface area contributed by atoms with Gasteiger partial charge in [-0.15, -0.1) is 0 Å². The van der Waals surface area contributed by atoms with E-state index in [-0.39, 0.29) is 17.9 Å². The van der Waals surface area contributed by atoms with E-state index in [1.165, 1.54) is 12.8 Å². The highest BCUT2D eigenvalue weighted by Gasteiger charge is 2.28. The number of piperidine rings is 1. The summed E-state index contributed by atoms with van der Waals surface area (Å²) in [6.07, 6.45) is 5.28. The maximum absolute atomic E-state index is 12.0. The summed E-state index contributed by atoms with van der Waals surface area (Å²) in [5.74, 6) is 0.240. The zero-order valence-electron chi connectivity index (χ0n) is 13.9. The van der Waals surface area contributed by atoms with E-state index in [0.717, 1.165) is 38.9 Å². The highest BCUT2D eigenvalue weighted by atomic mass is 16.2. The standard InChI is InChI=1S/C16H30N4O2/c1-3-8-17-15(21)12-20-9-6-13(7-10-20)18-16(22)11-19(2)14-4-5-14/h13-14H,3-12H2,1-2H3,(H,17,21)(H,18,22). The average Bonchev–Trinajstić information content (AvgIpc) is 3.31. The van der Waals surface area contributed by atoms with Crippen LogP contribution in [0, 0.1) is 0 Å². The molecule has 0 unspecified atom stereocenters. The van der Waals surface area contributed by atoms with Crippen LogP contribution in [0.1, 0.15) is 39.0 Å². The zero-order valence-corrected chi connectivity index (χ0v) is 13.9. The number of carbonyl (C=O) groups excluding carboxylic acids is 2. The van der Waals surface area contributed by atoms with Gasteiger partial charge in [0.05, 0.1) is 13.1 Å². The number of likely N-dealkylation sites (tertiary alicyclic amines) is 1. The first-order valence-corrected chi connectivity index (χ1v) is 8.57. The molecule has 6 nitrogen and oxygen atoms in total. The summed E-state index contributed by atoms with van der Waals surface area (Å²) in [6, 6.07) is 0.879. The van der Waals surface area contributed by atoms with Crippen LogP contribution in [0.4, 0.5) is 0 Å². The Morgan fingerprint density at radius 1 is 1.14 bits per heavy atom. The first kappa shape index (κ1) is 17.2. The second-order valence-corrected chi connectivity index (χ2v) is 6.61.